The summed E-state index contributed by atoms with van der Waals surface area (Å²) in [7, 11) is -3.82. The third-order valence-corrected chi connectivity index (χ3v) is 8.55. The van der Waals surface area contributed by atoms with Gasteiger partial charge in [0, 0.05) is 28.3 Å². The highest BCUT2D eigenvalue weighted by Gasteiger charge is 2.24. The molecule has 5 rings (SSSR count). The molecule has 0 saturated carbocycles. The van der Waals surface area contributed by atoms with Crippen LogP contribution in [-0.2, 0) is 16.6 Å². The molecule has 0 radical (unpaired) electrons. The summed E-state index contributed by atoms with van der Waals surface area (Å²) in [6.45, 7) is 5.82. The van der Waals surface area contributed by atoms with Crippen LogP contribution < -0.4 is 9.46 Å². The minimum Gasteiger partial charge on any atom is -0.488 e. The molecule has 0 spiro atoms. The first-order valence-corrected chi connectivity index (χ1v) is 13.3. The molecule has 35 heavy (non-hydrogen) atoms. The third-order valence-electron chi connectivity index (χ3n) is 5.73. The van der Waals surface area contributed by atoms with Gasteiger partial charge in [-0.1, -0.05) is 41.6 Å². The van der Waals surface area contributed by atoms with Crippen molar-refractivity contribution in [1.29, 1.82) is 0 Å². The second kappa shape index (κ2) is 9.16. The molecule has 0 saturated heterocycles. The van der Waals surface area contributed by atoms with Gasteiger partial charge in [-0.05, 0) is 55.5 Å². The van der Waals surface area contributed by atoms with Gasteiger partial charge < -0.3 is 9.26 Å². The van der Waals surface area contributed by atoms with Crippen LogP contribution in [0.3, 0.4) is 0 Å². The van der Waals surface area contributed by atoms with Gasteiger partial charge in [0.1, 0.15) is 22.3 Å². The molecule has 0 aliphatic rings. The highest BCUT2D eigenvalue weighted by atomic mass is 32.2. The third kappa shape index (κ3) is 4.65. The van der Waals surface area contributed by atoms with Crippen molar-refractivity contribution in [1.82, 2.24) is 10.1 Å². The summed E-state index contributed by atoms with van der Waals surface area (Å²) >= 11 is 1.16. The van der Waals surface area contributed by atoms with Crippen molar-refractivity contribution in [3.05, 3.63) is 88.6 Å². The number of rotatable bonds is 7. The molecule has 3 heterocycles. The van der Waals surface area contributed by atoms with Crippen LogP contribution in [0.1, 0.15) is 22.6 Å². The maximum absolute atomic E-state index is 13.1. The molecule has 7 nitrogen and oxygen atoms in total. The van der Waals surface area contributed by atoms with Crippen molar-refractivity contribution in [3.8, 4) is 16.9 Å². The first kappa shape index (κ1) is 23.1. The van der Waals surface area contributed by atoms with Crippen LogP contribution >= 0.6 is 11.3 Å². The summed E-state index contributed by atoms with van der Waals surface area (Å²) in [6.07, 6.45) is 0. The molecule has 0 amide bonds. The second-order valence-corrected chi connectivity index (χ2v) is 11.0. The van der Waals surface area contributed by atoms with Crippen molar-refractivity contribution in [2.45, 2.75) is 31.6 Å². The zero-order valence-electron chi connectivity index (χ0n) is 19.4. The fourth-order valence-electron chi connectivity index (χ4n) is 3.73. The average molecular weight is 506 g/mol. The van der Waals surface area contributed by atoms with E-state index in [1.165, 1.54) is 0 Å². The summed E-state index contributed by atoms with van der Waals surface area (Å²) in [5, 5.41) is 6.54. The molecular formula is C26H23N3O4S2. The maximum Gasteiger partial charge on any atom is 0.273 e. The number of aryl methyl sites for hydroxylation is 2. The fraction of sp³-hybridized carbons (Fsp3) is 0.154. The van der Waals surface area contributed by atoms with Gasteiger partial charge in [-0.2, -0.15) is 0 Å². The summed E-state index contributed by atoms with van der Waals surface area (Å²) in [6, 6.07) is 19.3. The normalized spacial score (nSPS) is 11.6. The van der Waals surface area contributed by atoms with E-state index in [1.54, 1.807) is 25.3 Å². The number of nitrogens with one attached hydrogen (secondary N) is 1. The lowest BCUT2D eigenvalue weighted by Crippen LogP contribution is -2.13. The van der Waals surface area contributed by atoms with E-state index >= 15 is 0 Å². The molecule has 1 N–H and O–H groups in total. The van der Waals surface area contributed by atoms with Crippen molar-refractivity contribution in [2.75, 3.05) is 4.72 Å². The number of aromatic nitrogens is 2. The number of pyridine rings is 1. The van der Waals surface area contributed by atoms with Gasteiger partial charge in [0.15, 0.2) is 5.82 Å². The number of benzene rings is 2. The van der Waals surface area contributed by atoms with Crippen LogP contribution in [-0.4, -0.2) is 18.6 Å². The van der Waals surface area contributed by atoms with Gasteiger partial charge >= 0.3 is 0 Å². The highest BCUT2D eigenvalue weighted by molar-refractivity contribution is 7.94. The smallest absolute Gasteiger partial charge is 0.273 e. The predicted octanol–water partition coefficient (Wildman–Crippen LogP) is 6.26. The molecule has 178 valence electrons. The fourth-order valence-corrected chi connectivity index (χ4v) is 6.19. The number of hydrogen-bond donors (Lipinski definition) is 1. The van der Waals surface area contributed by atoms with Crippen molar-refractivity contribution < 1.29 is 17.7 Å². The van der Waals surface area contributed by atoms with Gasteiger partial charge in [0.25, 0.3) is 10.0 Å². The summed E-state index contributed by atoms with van der Waals surface area (Å²) in [4.78, 5) is 4.55. The molecule has 3 aromatic heterocycles. The van der Waals surface area contributed by atoms with Crippen LogP contribution in [0.5, 0.6) is 5.75 Å². The van der Waals surface area contributed by atoms with E-state index in [1.807, 2.05) is 61.5 Å². The molecule has 0 unspecified atom stereocenters. The topological polar surface area (TPSA) is 94.3 Å². The number of para-hydroxylation sites is 1. The predicted molar refractivity (Wildman–Crippen MR) is 137 cm³/mol. The zero-order chi connectivity index (χ0) is 24.6. The Morgan fingerprint density at radius 2 is 1.80 bits per heavy atom. The van der Waals surface area contributed by atoms with Gasteiger partial charge in [-0.3, -0.25) is 9.71 Å². The number of anilines is 1. The van der Waals surface area contributed by atoms with Crippen LogP contribution in [0.15, 0.2) is 74.8 Å². The summed E-state index contributed by atoms with van der Waals surface area (Å²) in [5.41, 5.74) is 4.85. The number of ether oxygens (including phenoxy) is 1. The number of hydrogen-bond acceptors (Lipinski definition) is 7. The molecule has 0 bridgehead atoms. The van der Waals surface area contributed by atoms with E-state index < -0.39 is 10.0 Å². The monoisotopic (exact) mass is 505 g/mol. The van der Waals surface area contributed by atoms with E-state index in [4.69, 9.17) is 9.26 Å². The average Bonchev–Trinajstić information content (AvgIpc) is 3.46. The quantitative estimate of drug-likeness (QED) is 0.281. The number of sulfonamides is 1. The minimum absolute atomic E-state index is 0.202. The Morgan fingerprint density at radius 3 is 2.54 bits per heavy atom. The standard InChI is InChI=1S/C26H23N3O4S2/c1-16-14-24(22-6-4-5-7-23(22)27-16)32-15-19-8-10-20(11-9-19)21-12-13-34-26(21)35(30,31)29-25-17(2)18(3)33-28-25/h4-14H,15H2,1-3H3,(H,28,29). The van der Waals surface area contributed by atoms with E-state index in [9.17, 15) is 8.42 Å². The lowest BCUT2D eigenvalue weighted by Gasteiger charge is -2.11. The Hall–Kier alpha value is -3.69. The van der Waals surface area contributed by atoms with E-state index in [-0.39, 0.29) is 10.0 Å². The van der Waals surface area contributed by atoms with Crippen LogP contribution in [0.4, 0.5) is 5.82 Å². The van der Waals surface area contributed by atoms with E-state index in [0.717, 1.165) is 44.8 Å². The van der Waals surface area contributed by atoms with E-state index in [2.05, 4.69) is 14.9 Å². The summed E-state index contributed by atoms with van der Waals surface area (Å²) in [5.74, 6) is 1.56. The molecular weight excluding hydrogens is 482 g/mol. The Bertz CT molecular complexity index is 1620. The first-order chi connectivity index (χ1) is 16.8. The zero-order valence-corrected chi connectivity index (χ0v) is 21.0. The highest BCUT2D eigenvalue weighted by Crippen LogP contribution is 2.34. The lowest BCUT2D eigenvalue weighted by atomic mass is 10.1. The number of fused-ring (bicyclic) bond motifs is 1. The molecule has 9 heteroatoms. The Balaban J connectivity index is 1.35. The lowest BCUT2D eigenvalue weighted by molar-refractivity contribution is 0.309. The van der Waals surface area contributed by atoms with Crippen molar-refractivity contribution in [2.24, 2.45) is 0 Å². The molecule has 0 aliphatic carbocycles. The van der Waals surface area contributed by atoms with Crippen LogP contribution in [0.2, 0.25) is 0 Å². The van der Waals surface area contributed by atoms with Gasteiger partial charge in [-0.25, -0.2) is 8.42 Å². The molecule has 0 fully saturated rings. The largest absolute Gasteiger partial charge is 0.488 e. The molecule has 2 aromatic carbocycles. The first-order valence-electron chi connectivity index (χ1n) is 10.9. The SMILES string of the molecule is Cc1cc(OCc2ccc(-c3ccsc3S(=O)(=O)Nc3noc(C)c3C)cc2)c2ccccc2n1. The number of nitrogens with zero attached hydrogens (tertiary/aromatic N) is 2. The summed E-state index contributed by atoms with van der Waals surface area (Å²) < 4.78 is 40.1. The second-order valence-electron chi connectivity index (χ2n) is 8.20. The van der Waals surface area contributed by atoms with E-state index in [0.29, 0.717) is 23.5 Å². The Morgan fingerprint density at radius 1 is 1.03 bits per heavy atom. The van der Waals surface area contributed by atoms with Crippen molar-refractivity contribution >= 4 is 38.1 Å². The van der Waals surface area contributed by atoms with Crippen molar-refractivity contribution in [3.63, 3.8) is 0 Å². The molecule has 0 atom stereocenters. The van der Waals surface area contributed by atoms with Gasteiger partial charge in [0.2, 0.25) is 0 Å². The number of thiophene rings is 1. The molecule has 5 aromatic rings. The van der Waals surface area contributed by atoms with Crippen LogP contribution in [0.25, 0.3) is 22.0 Å². The van der Waals surface area contributed by atoms with Gasteiger partial charge in [-0.15, -0.1) is 11.3 Å². The maximum atomic E-state index is 13.1. The Labute approximate surface area is 207 Å². The minimum atomic E-state index is -3.82. The Kier molecular flexibility index (Phi) is 6.04. The molecule has 0 aliphatic heterocycles. The van der Waals surface area contributed by atoms with Gasteiger partial charge in [0.05, 0.1) is 5.52 Å². The van der Waals surface area contributed by atoms with Crippen LogP contribution in [0, 0.1) is 20.8 Å².